The minimum atomic E-state index is 0.185. The lowest BCUT2D eigenvalue weighted by Crippen LogP contribution is -1.84. The van der Waals surface area contributed by atoms with Gasteiger partial charge in [0.05, 0.1) is 5.01 Å². The van der Waals surface area contributed by atoms with Crippen molar-refractivity contribution in [3.8, 4) is 0 Å². The van der Waals surface area contributed by atoms with Gasteiger partial charge in [-0.05, 0) is 6.92 Å². The Morgan fingerprint density at radius 3 is 3.00 bits per heavy atom. The van der Waals surface area contributed by atoms with Gasteiger partial charge in [-0.1, -0.05) is 6.58 Å². The fraction of sp³-hybridized carbons (Fsp3) is 0.167. The van der Waals surface area contributed by atoms with Gasteiger partial charge in [-0.15, -0.1) is 11.3 Å². The van der Waals surface area contributed by atoms with Crippen LogP contribution in [0.15, 0.2) is 12.0 Å². The van der Waals surface area contributed by atoms with Crippen LogP contribution in [0.1, 0.15) is 10.7 Å². The highest BCUT2D eigenvalue weighted by molar-refractivity contribution is 7.09. The van der Waals surface area contributed by atoms with Crippen LogP contribution in [0.25, 0.3) is 5.76 Å². The van der Waals surface area contributed by atoms with E-state index >= 15 is 0 Å². The van der Waals surface area contributed by atoms with Crippen molar-refractivity contribution in [2.45, 2.75) is 6.92 Å². The van der Waals surface area contributed by atoms with Gasteiger partial charge in [0.1, 0.15) is 5.69 Å². The summed E-state index contributed by atoms with van der Waals surface area (Å²) in [6.45, 7) is 5.30. The van der Waals surface area contributed by atoms with Gasteiger partial charge in [0, 0.05) is 5.38 Å². The number of rotatable bonds is 2. The third-order valence-corrected chi connectivity index (χ3v) is 1.79. The Morgan fingerprint density at radius 2 is 2.60 bits per heavy atom. The quantitative estimate of drug-likeness (QED) is 0.405. The Hall–Kier alpha value is -0.870. The van der Waals surface area contributed by atoms with E-state index in [1.807, 2.05) is 6.92 Å². The highest BCUT2D eigenvalue weighted by atomic mass is 32.1. The van der Waals surface area contributed by atoms with E-state index in [0.717, 1.165) is 5.01 Å². The lowest BCUT2D eigenvalue weighted by Gasteiger charge is -1.93. The van der Waals surface area contributed by atoms with Gasteiger partial charge in [0.2, 0.25) is 0 Å². The lowest BCUT2D eigenvalue weighted by molar-refractivity contribution is -0.170. The first-order chi connectivity index (χ1) is 4.74. The average molecular weight is 157 g/mol. The average Bonchev–Trinajstić information content (AvgIpc) is 2.34. The van der Waals surface area contributed by atoms with E-state index in [9.17, 15) is 0 Å². The van der Waals surface area contributed by atoms with E-state index in [4.69, 9.17) is 5.26 Å². The number of thiazole rings is 1. The molecule has 0 aliphatic carbocycles. The van der Waals surface area contributed by atoms with Crippen LogP contribution in [0.3, 0.4) is 0 Å². The fourth-order valence-electron chi connectivity index (χ4n) is 0.538. The Morgan fingerprint density at radius 1 is 1.90 bits per heavy atom. The van der Waals surface area contributed by atoms with Crippen LogP contribution in [0.4, 0.5) is 0 Å². The summed E-state index contributed by atoms with van der Waals surface area (Å²) in [6.07, 6.45) is 0. The second kappa shape index (κ2) is 2.81. The van der Waals surface area contributed by atoms with Gasteiger partial charge < -0.3 is 4.89 Å². The van der Waals surface area contributed by atoms with Crippen LogP contribution in [0.2, 0.25) is 0 Å². The monoisotopic (exact) mass is 157 g/mol. The molecular formula is C6H7NO2S. The second-order valence-corrected chi connectivity index (χ2v) is 2.83. The zero-order valence-corrected chi connectivity index (χ0v) is 6.31. The van der Waals surface area contributed by atoms with E-state index in [1.165, 1.54) is 11.3 Å². The highest BCUT2D eigenvalue weighted by Gasteiger charge is 2.02. The van der Waals surface area contributed by atoms with Crippen LogP contribution >= 0.6 is 11.3 Å². The van der Waals surface area contributed by atoms with Crippen LogP contribution in [0, 0.1) is 6.92 Å². The highest BCUT2D eigenvalue weighted by Crippen LogP contribution is 2.15. The molecule has 0 aliphatic rings. The Bertz CT molecular complexity index is 244. The largest absolute Gasteiger partial charge is 0.339 e. The maximum absolute atomic E-state index is 8.16. The molecule has 0 bridgehead atoms. The van der Waals surface area contributed by atoms with Crippen LogP contribution in [-0.2, 0) is 4.89 Å². The van der Waals surface area contributed by atoms with Crippen LogP contribution in [0.5, 0.6) is 0 Å². The van der Waals surface area contributed by atoms with Crippen molar-refractivity contribution in [1.29, 1.82) is 0 Å². The van der Waals surface area contributed by atoms with Crippen molar-refractivity contribution >= 4 is 17.1 Å². The Labute approximate surface area is 62.5 Å². The maximum Gasteiger partial charge on any atom is 0.184 e. The predicted octanol–water partition coefficient (Wildman–Crippen LogP) is 1.91. The minimum Gasteiger partial charge on any atom is -0.339 e. The van der Waals surface area contributed by atoms with Gasteiger partial charge >= 0.3 is 0 Å². The van der Waals surface area contributed by atoms with E-state index in [1.54, 1.807) is 5.38 Å². The molecule has 1 N–H and O–H groups in total. The van der Waals surface area contributed by atoms with Gasteiger partial charge in [0.15, 0.2) is 5.76 Å². The summed E-state index contributed by atoms with van der Waals surface area (Å²) in [4.78, 5) is 7.91. The standard InChI is InChI=1S/C6H7NO2S/c1-4(9-8)6-3-10-5(2)7-6/h3,8H,1H2,2H3. The van der Waals surface area contributed by atoms with Crippen molar-refractivity contribution in [2.75, 3.05) is 0 Å². The molecule has 0 atom stereocenters. The minimum absolute atomic E-state index is 0.185. The molecule has 1 heterocycles. The van der Waals surface area contributed by atoms with E-state index < -0.39 is 0 Å². The molecule has 1 rings (SSSR count). The summed E-state index contributed by atoms with van der Waals surface area (Å²) in [6, 6.07) is 0. The molecule has 4 heteroatoms. The SMILES string of the molecule is C=C(OO)c1csc(C)n1. The summed E-state index contributed by atoms with van der Waals surface area (Å²) >= 11 is 1.49. The molecule has 0 radical (unpaired) electrons. The zero-order valence-electron chi connectivity index (χ0n) is 5.50. The Balaban J connectivity index is 2.85. The summed E-state index contributed by atoms with van der Waals surface area (Å²) in [7, 11) is 0. The first-order valence-electron chi connectivity index (χ1n) is 2.67. The fourth-order valence-corrected chi connectivity index (χ4v) is 1.16. The van der Waals surface area contributed by atoms with Gasteiger partial charge in [-0.25, -0.2) is 10.2 Å². The van der Waals surface area contributed by atoms with E-state index in [0.29, 0.717) is 5.69 Å². The van der Waals surface area contributed by atoms with Crippen LogP contribution < -0.4 is 0 Å². The number of hydrogen-bond donors (Lipinski definition) is 1. The summed E-state index contributed by atoms with van der Waals surface area (Å²) in [5.74, 6) is 0.185. The molecule has 3 nitrogen and oxygen atoms in total. The number of hydrogen-bond acceptors (Lipinski definition) is 4. The molecule has 0 saturated heterocycles. The molecule has 0 aliphatic heterocycles. The van der Waals surface area contributed by atoms with Crippen molar-refractivity contribution in [3.05, 3.63) is 22.7 Å². The topological polar surface area (TPSA) is 42.4 Å². The lowest BCUT2D eigenvalue weighted by atomic mass is 10.4. The molecule has 10 heavy (non-hydrogen) atoms. The second-order valence-electron chi connectivity index (χ2n) is 1.77. The van der Waals surface area contributed by atoms with Crippen LogP contribution in [-0.4, -0.2) is 10.2 Å². The molecule has 54 valence electrons. The van der Waals surface area contributed by atoms with Crippen molar-refractivity contribution in [3.63, 3.8) is 0 Å². The molecule has 0 aromatic carbocycles. The summed E-state index contributed by atoms with van der Waals surface area (Å²) in [5, 5.41) is 10.9. The van der Waals surface area contributed by atoms with E-state index in [2.05, 4.69) is 16.5 Å². The predicted molar refractivity (Wildman–Crippen MR) is 39.6 cm³/mol. The molecule has 0 unspecified atom stereocenters. The smallest absolute Gasteiger partial charge is 0.184 e. The third kappa shape index (κ3) is 1.34. The van der Waals surface area contributed by atoms with Gasteiger partial charge in [0.25, 0.3) is 0 Å². The molecule has 1 aromatic heterocycles. The van der Waals surface area contributed by atoms with Gasteiger partial charge in [-0.2, -0.15) is 0 Å². The summed E-state index contributed by atoms with van der Waals surface area (Å²) < 4.78 is 0. The summed E-state index contributed by atoms with van der Waals surface area (Å²) in [5.41, 5.74) is 0.588. The molecule has 0 amide bonds. The third-order valence-electron chi connectivity index (χ3n) is 1.01. The number of aromatic nitrogens is 1. The van der Waals surface area contributed by atoms with Crippen molar-refractivity contribution in [1.82, 2.24) is 4.98 Å². The maximum atomic E-state index is 8.16. The van der Waals surface area contributed by atoms with Gasteiger partial charge in [-0.3, -0.25) is 0 Å². The van der Waals surface area contributed by atoms with Crippen molar-refractivity contribution in [2.24, 2.45) is 0 Å². The molecule has 1 aromatic rings. The van der Waals surface area contributed by atoms with E-state index in [-0.39, 0.29) is 5.76 Å². The zero-order chi connectivity index (χ0) is 7.56. The first-order valence-corrected chi connectivity index (χ1v) is 3.55. The normalized spacial score (nSPS) is 9.40. The first kappa shape index (κ1) is 7.24. The number of aryl methyl sites for hydroxylation is 1. The molecular weight excluding hydrogens is 150 g/mol. The molecule has 0 fully saturated rings. The van der Waals surface area contributed by atoms with Crippen molar-refractivity contribution < 1.29 is 10.1 Å². The molecule has 0 saturated carbocycles. The molecule has 0 spiro atoms. The Kier molecular flexibility index (Phi) is 2.03. The number of nitrogens with zero attached hydrogens (tertiary/aromatic N) is 1.